The van der Waals surface area contributed by atoms with Crippen LogP contribution < -0.4 is 10.5 Å². The van der Waals surface area contributed by atoms with E-state index >= 15 is 0 Å². The molecule has 2 rings (SSSR count). The molecule has 1 heterocycles. The summed E-state index contributed by atoms with van der Waals surface area (Å²) in [5, 5.41) is 0. The van der Waals surface area contributed by atoms with Gasteiger partial charge in [-0.2, -0.15) is 0 Å². The van der Waals surface area contributed by atoms with Gasteiger partial charge in [-0.1, -0.05) is 19.1 Å². The van der Waals surface area contributed by atoms with E-state index in [9.17, 15) is 0 Å². The minimum absolute atomic E-state index is 0.532. The zero-order chi connectivity index (χ0) is 13.0. The van der Waals surface area contributed by atoms with Gasteiger partial charge in [-0.3, -0.25) is 4.90 Å². The number of nitrogens with two attached hydrogens (primary N) is 1. The first-order valence-corrected chi connectivity index (χ1v) is 6.88. The summed E-state index contributed by atoms with van der Waals surface area (Å²) in [6, 6.07) is 7.15. The molecule has 0 bridgehead atoms. The summed E-state index contributed by atoms with van der Waals surface area (Å²) in [7, 11) is 1.71. The highest BCUT2D eigenvalue weighted by atomic mass is 16.5. The van der Waals surface area contributed by atoms with E-state index in [0.717, 1.165) is 23.9 Å². The van der Waals surface area contributed by atoms with Crippen LogP contribution in [0.4, 0.5) is 0 Å². The van der Waals surface area contributed by atoms with E-state index in [2.05, 4.69) is 30.0 Å². The van der Waals surface area contributed by atoms with Crippen molar-refractivity contribution >= 4 is 0 Å². The number of benzene rings is 1. The minimum atomic E-state index is 0.532. The molecule has 1 unspecified atom stereocenters. The van der Waals surface area contributed by atoms with Gasteiger partial charge in [0, 0.05) is 24.7 Å². The van der Waals surface area contributed by atoms with E-state index in [1.807, 2.05) is 0 Å². The van der Waals surface area contributed by atoms with Gasteiger partial charge in [0.25, 0.3) is 0 Å². The molecular weight excluding hydrogens is 224 g/mol. The fourth-order valence-corrected chi connectivity index (χ4v) is 2.86. The van der Waals surface area contributed by atoms with Gasteiger partial charge in [0.15, 0.2) is 0 Å². The van der Waals surface area contributed by atoms with E-state index in [-0.39, 0.29) is 0 Å². The Hall–Kier alpha value is -1.06. The highest BCUT2D eigenvalue weighted by Crippen LogP contribution is 2.25. The lowest BCUT2D eigenvalue weighted by Crippen LogP contribution is -2.28. The van der Waals surface area contributed by atoms with Crippen LogP contribution >= 0.6 is 0 Å². The average molecular weight is 248 g/mol. The lowest BCUT2D eigenvalue weighted by molar-refractivity contribution is 0.239. The Labute approximate surface area is 110 Å². The minimum Gasteiger partial charge on any atom is -0.496 e. The SMILES string of the molecule is CCC1CCCN1Cc1ccc(CN)c(OC)c1. The molecule has 18 heavy (non-hydrogen) atoms. The predicted octanol–water partition coefficient (Wildman–Crippen LogP) is 2.53. The summed E-state index contributed by atoms with van der Waals surface area (Å²) >= 11 is 0. The second-order valence-corrected chi connectivity index (χ2v) is 5.03. The Kier molecular flexibility index (Phi) is 4.61. The number of methoxy groups -OCH3 is 1. The number of ether oxygens (including phenoxy) is 1. The van der Waals surface area contributed by atoms with Crippen molar-refractivity contribution in [3.05, 3.63) is 29.3 Å². The topological polar surface area (TPSA) is 38.5 Å². The number of nitrogens with zero attached hydrogens (tertiary/aromatic N) is 1. The van der Waals surface area contributed by atoms with E-state index in [4.69, 9.17) is 10.5 Å². The molecule has 1 atom stereocenters. The summed E-state index contributed by atoms with van der Waals surface area (Å²) in [5.41, 5.74) is 8.10. The molecule has 2 N–H and O–H groups in total. The molecule has 0 aromatic heterocycles. The predicted molar refractivity (Wildman–Crippen MR) is 74.6 cm³/mol. The van der Waals surface area contributed by atoms with Crippen molar-refractivity contribution in [1.82, 2.24) is 4.90 Å². The summed E-state index contributed by atoms with van der Waals surface area (Å²) in [4.78, 5) is 2.58. The maximum Gasteiger partial charge on any atom is 0.123 e. The highest BCUT2D eigenvalue weighted by molar-refractivity contribution is 5.37. The fraction of sp³-hybridized carbons (Fsp3) is 0.600. The number of hydrogen-bond donors (Lipinski definition) is 1. The van der Waals surface area contributed by atoms with E-state index in [1.54, 1.807) is 7.11 Å². The van der Waals surface area contributed by atoms with Gasteiger partial charge in [-0.25, -0.2) is 0 Å². The summed E-state index contributed by atoms with van der Waals surface area (Å²) < 4.78 is 5.40. The van der Waals surface area contributed by atoms with Crippen molar-refractivity contribution < 1.29 is 4.74 Å². The Morgan fingerprint density at radius 3 is 2.94 bits per heavy atom. The van der Waals surface area contributed by atoms with Gasteiger partial charge in [-0.15, -0.1) is 0 Å². The molecule has 1 aromatic rings. The maximum absolute atomic E-state index is 5.69. The normalized spacial score (nSPS) is 20.3. The van der Waals surface area contributed by atoms with Crippen LogP contribution in [0.5, 0.6) is 5.75 Å². The van der Waals surface area contributed by atoms with Crippen LogP contribution in [0.1, 0.15) is 37.3 Å². The monoisotopic (exact) mass is 248 g/mol. The summed E-state index contributed by atoms with van der Waals surface area (Å²) in [6.07, 6.45) is 3.92. The van der Waals surface area contributed by atoms with Crippen LogP contribution in [-0.4, -0.2) is 24.6 Å². The third kappa shape index (κ3) is 2.85. The zero-order valence-electron chi connectivity index (χ0n) is 11.5. The standard InChI is InChI=1S/C15H24N2O/c1-3-14-5-4-8-17(14)11-12-6-7-13(10-16)15(9-12)18-2/h6-7,9,14H,3-5,8,10-11,16H2,1-2H3. The number of rotatable bonds is 5. The lowest BCUT2D eigenvalue weighted by atomic mass is 10.1. The van der Waals surface area contributed by atoms with Gasteiger partial charge in [0.2, 0.25) is 0 Å². The second-order valence-electron chi connectivity index (χ2n) is 5.03. The van der Waals surface area contributed by atoms with E-state index in [0.29, 0.717) is 6.54 Å². The molecule has 0 radical (unpaired) electrons. The van der Waals surface area contributed by atoms with Crippen molar-refractivity contribution in [3.8, 4) is 5.75 Å². The van der Waals surface area contributed by atoms with Crippen LogP contribution in [0.3, 0.4) is 0 Å². The maximum atomic E-state index is 5.69. The molecule has 0 aliphatic carbocycles. The number of likely N-dealkylation sites (tertiary alicyclic amines) is 1. The van der Waals surface area contributed by atoms with Gasteiger partial charge in [0.1, 0.15) is 5.75 Å². The second kappa shape index (κ2) is 6.21. The molecule has 1 saturated heterocycles. The largest absolute Gasteiger partial charge is 0.496 e. The molecule has 1 aliphatic heterocycles. The first-order valence-electron chi connectivity index (χ1n) is 6.88. The van der Waals surface area contributed by atoms with Crippen LogP contribution in [0.25, 0.3) is 0 Å². The highest BCUT2D eigenvalue weighted by Gasteiger charge is 2.22. The molecular formula is C15H24N2O. The molecule has 1 aromatic carbocycles. The van der Waals surface area contributed by atoms with Gasteiger partial charge in [-0.05, 0) is 37.4 Å². The van der Waals surface area contributed by atoms with Crippen molar-refractivity contribution in [3.63, 3.8) is 0 Å². The van der Waals surface area contributed by atoms with Crippen molar-refractivity contribution in [1.29, 1.82) is 0 Å². The van der Waals surface area contributed by atoms with Gasteiger partial charge >= 0.3 is 0 Å². The van der Waals surface area contributed by atoms with Crippen LogP contribution in [0.15, 0.2) is 18.2 Å². The number of hydrogen-bond acceptors (Lipinski definition) is 3. The molecule has 1 fully saturated rings. The summed E-state index contributed by atoms with van der Waals surface area (Å²) in [5.74, 6) is 0.919. The molecule has 3 nitrogen and oxygen atoms in total. The fourth-order valence-electron chi connectivity index (χ4n) is 2.86. The molecule has 0 saturated carbocycles. The average Bonchev–Trinajstić information content (AvgIpc) is 2.85. The molecule has 3 heteroatoms. The molecule has 0 spiro atoms. The lowest BCUT2D eigenvalue weighted by Gasteiger charge is -2.23. The summed E-state index contributed by atoms with van der Waals surface area (Å²) in [6.45, 7) is 5.06. The first-order chi connectivity index (χ1) is 8.78. The molecule has 1 aliphatic rings. The third-order valence-corrected chi connectivity index (χ3v) is 3.93. The third-order valence-electron chi connectivity index (χ3n) is 3.93. The molecule has 100 valence electrons. The Bertz CT molecular complexity index is 392. The quantitative estimate of drug-likeness (QED) is 0.870. The van der Waals surface area contributed by atoms with Crippen molar-refractivity contribution in [2.24, 2.45) is 5.73 Å². The van der Waals surface area contributed by atoms with Crippen LogP contribution in [0.2, 0.25) is 0 Å². The van der Waals surface area contributed by atoms with Crippen molar-refractivity contribution in [2.45, 2.75) is 45.3 Å². The smallest absolute Gasteiger partial charge is 0.123 e. The van der Waals surface area contributed by atoms with Crippen LogP contribution in [-0.2, 0) is 13.1 Å². The van der Waals surface area contributed by atoms with E-state index < -0.39 is 0 Å². The Morgan fingerprint density at radius 1 is 1.44 bits per heavy atom. The molecule has 0 amide bonds. The van der Waals surface area contributed by atoms with E-state index in [1.165, 1.54) is 31.4 Å². The van der Waals surface area contributed by atoms with Crippen molar-refractivity contribution in [2.75, 3.05) is 13.7 Å². The Morgan fingerprint density at radius 2 is 2.28 bits per heavy atom. The van der Waals surface area contributed by atoms with Gasteiger partial charge in [0.05, 0.1) is 7.11 Å². The van der Waals surface area contributed by atoms with Crippen LogP contribution in [0, 0.1) is 0 Å². The Balaban J connectivity index is 2.09. The first kappa shape index (κ1) is 13.4. The zero-order valence-corrected chi connectivity index (χ0v) is 11.5. The van der Waals surface area contributed by atoms with Gasteiger partial charge < -0.3 is 10.5 Å².